The number of ether oxygens (including phenoxy) is 2. The molecule has 1 N–H and O–H groups in total. The third-order valence-corrected chi connectivity index (χ3v) is 3.69. The second-order valence-electron chi connectivity index (χ2n) is 5.95. The zero-order valence-electron chi connectivity index (χ0n) is 15.0. The molecule has 0 radical (unpaired) electrons. The predicted molar refractivity (Wildman–Crippen MR) is 100 cm³/mol. The van der Waals surface area contributed by atoms with Gasteiger partial charge in [-0.25, -0.2) is 4.79 Å². The lowest BCUT2D eigenvalue weighted by atomic mass is 10.2. The molecule has 6 nitrogen and oxygen atoms in total. The van der Waals surface area contributed by atoms with E-state index in [0.717, 1.165) is 5.56 Å². The number of benzene rings is 2. The Morgan fingerprint density at radius 3 is 2.41 bits per heavy atom. The molecular formula is C21H19NO5. The highest BCUT2D eigenvalue weighted by Gasteiger charge is 2.15. The number of rotatable bonds is 6. The SMILES string of the molecule is Cc1ccc(Oc2ccccc2NC(=O)COC(=O)c2ccc(C)o2)cc1. The standard InChI is InChI=1S/C21H19NO5/c1-14-7-10-16(11-8-14)27-18-6-4-3-5-17(18)22-20(23)13-25-21(24)19-12-9-15(2)26-19/h3-12H,13H2,1-2H3,(H,22,23). The van der Waals surface area contributed by atoms with Gasteiger partial charge in [0, 0.05) is 0 Å². The van der Waals surface area contributed by atoms with E-state index in [1.54, 1.807) is 37.3 Å². The van der Waals surface area contributed by atoms with Crippen molar-refractivity contribution in [1.29, 1.82) is 0 Å². The van der Waals surface area contributed by atoms with Crippen molar-refractivity contribution >= 4 is 17.6 Å². The summed E-state index contributed by atoms with van der Waals surface area (Å²) < 4.78 is 16.0. The number of hydrogen-bond acceptors (Lipinski definition) is 5. The van der Waals surface area contributed by atoms with Crippen LogP contribution in [0.4, 0.5) is 5.69 Å². The summed E-state index contributed by atoms with van der Waals surface area (Å²) in [6.45, 7) is 3.27. The van der Waals surface area contributed by atoms with Gasteiger partial charge in [-0.1, -0.05) is 29.8 Å². The van der Waals surface area contributed by atoms with E-state index in [2.05, 4.69) is 5.32 Å². The fourth-order valence-electron chi connectivity index (χ4n) is 2.32. The van der Waals surface area contributed by atoms with Gasteiger partial charge in [0.1, 0.15) is 11.5 Å². The zero-order chi connectivity index (χ0) is 19.2. The normalized spacial score (nSPS) is 10.3. The van der Waals surface area contributed by atoms with Crippen molar-refractivity contribution in [3.05, 3.63) is 77.7 Å². The summed E-state index contributed by atoms with van der Waals surface area (Å²) in [6, 6.07) is 17.7. The van der Waals surface area contributed by atoms with Gasteiger partial charge in [0.2, 0.25) is 5.76 Å². The van der Waals surface area contributed by atoms with Crippen LogP contribution >= 0.6 is 0 Å². The molecule has 3 rings (SSSR count). The molecule has 0 atom stereocenters. The molecule has 0 aliphatic carbocycles. The predicted octanol–water partition coefficient (Wildman–Crippen LogP) is 4.48. The number of nitrogens with one attached hydrogen (secondary N) is 1. The minimum Gasteiger partial charge on any atom is -0.455 e. The van der Waals surface area contributed by atoms with Gasteiger partial charge in [-0.2, -0.15) is 0 Å². The number of furan rings is 1. The minimum atomic E-state index is -0.692. The zero-order valence-corrected chi connectivity index (χ0v) is 15.0. The molecule has 0 saturated carbocycles. The van der Waals surface area contributed by atoms with E-state index in [1.165, 1.54) is 6.07 Å². The molecule has 6 heteroatoms. The van der Waals surface area contributed by atoms with Gasteiger partial charge in [0.05, 0.1) is 5.69 Å². The summed E-state index contributed by atoms with van der Waals surface area (Å²) in [6.07, 6.45) is 0. The van der Waals surface area contributed by atoms with Gasteiger partial charge in [-0.05, 0) is 50.2 Å². The number of hydrogen-bond donors (Lipinski definition) is 1. The lowest BCUT2D eigenvalue weighted by Crippen LogP contribution is -2.21. The smallest absolute Gasteiger partial charge is 0.374 e. The second kappa shape index (κ2) is 8.23. The van der Waals surface area contributed by atoms with Crippen molar-refractivity contribution < 1.29 is 23.5 Å². The Morgan fingerprint density at radius 1 is 0.963 bits per heavy atom. The Morgan fingerprint density at radius 2 is 1.70 bits per heavy atom. The van der Waals surface area contributed by atoms with E-state index < -0.39 is 18.5 Å². The van der Waals surface area contributed by atoms with E-state index in [4.69, 9.17) is 13.9 Å². The van der Waals surface area contributed by atoms with E-state index in [9.17, 15) is 9.59 Å². The Hall–Kier alpha value is -3.54. The quantitative estimate of drug-likeness (QED) is 0.652. The molecular weight excluding hydrogens is 346 g/mol. The highest BCUT2D eigenvalue weighted by atomic mass is 16.5. The number of carbonyl (C=O) groups excluding carboxylic acids is 2. The van der Waals surface area contributed by atoms with Crippen molar-refractivity contribution in [2.45, 2.75) is 13.8 Å². The molecule has 3 aromatic rings. The first-order chi connectivity index (χ1) is 13.0. The second-order valence-corrected chi connectivity index (χ2v) is 5.95. The fourth-order valence-corrected chi connectivity index (χ4v) is 2.32. The van der Waals surface area contributed by atoms with Gasteiger partial charge in [0.25, 0.3) is 5.91 Å². The van der Waals surface area contributed by atoms with Crippen molar-refractivity contribution in [3.63, 3.8) is 0 Å². The van der Waals surface area contributed by atoms with E-state index in [1.807, 2.05) is 31.2 Å². The fraction of sp³-hybridized carbons (Fsp3) is 0.143. The minimum absolute atomic E-state index is 0.0587. The molecule has 27 heavy (non-hydrogen) atoms. The molecule has 1 heterocycles. The Bertz CT molecular complexity index is 943. The maximum Gasteiger partial charge on any atom is 0.374 e. The molecule has 1 aromatic heterocycles. The van der Waals surface area contributed by atoms with Crippen LogP contribution in [0, 0.1) is 13.8 Å². The summed E-state index contributed by atoms with van der Waals surface area (Å²) in [5, 5.41) is 2.68. The van der Waals surface area contributed by atoms with Crippen LogP contribution in [0.15, 0.2) is 65.1 Å². The Kier molecular flexibility index (Phi) is 5.56. The van der Waals surface area contributed by atoms with Crippen LogP contribution in [-0.2, 0) is 9.53 Å². The third kappa shape index (κ3) is 4.98. The summed E-state index contributed by atoms with van der Waals surface area (Å²) in [4.78, 5) is 24.0. The van der Waals surface area contributed by atoms with Crippen LogP contribution in [0.1, 0.15) is 21.9 Å². The van der Waals surface area contributed by atoms with E-state index in [0.29, 0.717) is 22.9 Å². The van der Waals surface area contributed by atoms with Crippen molar-refractivity contribution in [2.24, 2.45) is 0 Å². The summed E-state index contributed by atoms with van der Waals surface area (Å²) in [7, 11) is 0. The van der Waals surface area contributed by atoms with E-state index >= 15 is 0 Å². The van der Waals surface area contributed by atoms with Gasteiger partial charge in [0.15, 0.2) is 12.4 Å². The van der Waals surface area contributed by atoms with Crippen molar-refractivity contribution in [1.82, 2.24) is 0 Å². The molecule has 1 amide bonds. The maximum absolute atomic E-state index is 12.1. The van der Waals surface area contributed by atoms with Gasteiger partial charge >= 0.3 is 5.97 Å². The average molecular weight is 365 g/mol. The van der Waals surface area contributed by atoms with Crippen LogP contribution in [0.2, 0.25) is 0 Å². The number of anilines is 1. The molecule has 0 bridgehead atoms. The lowest BCUT2D eigenvalue weighted by Gasteiger charge is -2.12. The number of para-hydroxylation sites is 2. The largest absolute Gasteiger partial charge is 0.455 e. The van der Waals surface area contributed by atoms with Crippen LogP contribution in [0.3, 0.4) is 0 Å². The van der Waals surface area contributed by atoms with Gasteiger partial charge in [-0.15, -0.1) is 0 Å². The first-order valence-electron chi connectivity index (χ1n) is 8.38. The van der Waals surface area contributed by atoms with Crippen LogP contribution < -0.4 is 10.1 Å². The van der Waals surface area contributed by atoms with Crippen molar-refractivity contribution in [2.75, 3.05) is 11.9 Å². The van der Waals surface area contributed by atoms with Gasteiger partial charge in [-0.3, -0.25) is 4.79 Å². The number of aryl methyl sites for hydroxylation is 2. The summed E-state index contributed by atoms with van der Waals surface area (Å²) in [5.74, 6) is 0.621. The molecule has 0 unspecified atom stereocenters. The Balaban J connectivity index is 1.60. The van der Waals surface area contributed by atoms with Crippen LogP contribution in [0.5, 0.6) is 11.5 Å². The average Bonchev–Trinajstić information content (AvgIpc) is 3.10. The van der Waals surface area contributed by atoms with Gasteiger partial charge < -0.3 is 19.2 Å². The topological polar surface area (TPSA) is 77.8 Å². The number of amides is 1. The first kappa shape index (κ1) is 18.3. The molecule has 2 aromatic carbocycles. The highest BCUT2D eigenvalue weighted by Crippen LogP contribution is 2.29. The molecule has 0 aliphatic heterocycles. The summed E-state index contributed by atoms with van der Waals surface area (Å²) >= 11 is 0. The van der Waals surface area contributed by atoms with Crippen LogP contribution in [0.25, 0.3) is 0 Å². The Labute approximate surface area is 156 Å². The first-order valence-corrected chi connectivity index (χ1v) is 8.38. The maximum atomic E-state index is 12.1. The van der Waals surface area contributed by atoms with Crippen LogP contribution in [-0.4, -0.2) is 18.5 Å². The highest BCUT2D eigenvalue weighted by molar-refractivity contribution is 5.95. The third-order valence-electron chi connectivity index (χ3n) is 3.69. The monoisotopic (exact) mass is 365 g/mol. The number of esters is 1. The van der Waals surface area contributed by atoms with E-state index in [-0.39, 0.29) is 5.76 Å². The summed E-state index contributed by atoms with van der Waals surface area (Å²) in [5.41, 5.74) is 1.60. The molecule has 0 saturated heterocycles. The molecule has 0 fully saturated rings. The molecule has 0 spiro atoms. The lowest BCUT2D eigenvalue weighted by molar-refractivity contribution is -0.119. The molecule has 138 valence electrons. The van der Waals surface area contributed by atoms with Crippen molar-refractivity contribution in [3.8, 4) is 11.5 Å². The molecule has 0 aliphatic rings. The number of carbonyl (C=O) groups is 2.